The molecule has 0 saturated carbocycles. The van der Waals surface area contributed by atoms with Gasteiger partial charge in [0, 0.05) is 26.9 Å². The molecule has 0 fully saturated rings. The van der Waals surface area contributed by atoms with E-state index in [0.717, 1.165) is 39.3 Å². The molecule has 0 aromatic rings. The van der Waals surface area contributed by atoms with Crippen molar-refractivity contribution in [2.45, 2.75) is 45.4 Å². The average molecular weight is 231 g/mol. The van der Waals surface area contributed by atoms with Crippen LogP contribution in [0.5, 0.6) is 0 Å². The predicted octanol–water partition coefficient (Wildman–Crippen LogP) is 2.60. The van der Waals surface area contributed by atoms with Crippen LogP contribution in [0.15, 0.2) is 0 Å². The SMILES string of the molecule is CCCCCCCOCCNCCCOC. The summed E-state index contributed by atoms with van der Waals surface area (Å²) in [6.45, 7) is 6.81. The number of ether oxygens (including phenoxy) is 2. The highest BCUT2D eigenvalue weighted by molar-refractivity contribution is 4.47. The third-order valence-corrected chi connectivity index (χ3v) is 2.52. The van der Waals surface area contributed by atoms with Crippen LogP contribution in [0.4, 0.5) is 0 Å². The molecule has 3 heteroatoms. The van der Waals surface area contributed by atoms with Crippen LogP contribution in [0.3, 0.4) is 0 Å². The van der Waals surface area contributed by atoms with Crippen molar-refractivity contribution in [2.75, 3.05) is 40.0 Å². The second-order valence-corrected chi connectivity index (χ2v) is 4.12. The van der Waals surface area contributed by atoms with Crippen molar-refractivity contribution in [3.8, 4) is 0 Å². The molecule has 16 heavy (non-hydrogen) atoms. The van der Waals surface area contributed by atoms with Crippen LogP contribution in [-0.4, -0.2) is 40.0 Å². The van der Waals surface area contributed by atoms with Crippen LogP contribution < -0.4 is 5.32 Å². The summed E-state index contributed by atoms with van der Waals surface area (Å²) in [7, 11) is 1.74. The molecule has 0 amide bonds. The number of hydrogen-bond donors (Lipinski definition) is 1. The Morgan fingerprint density at radius 1 is 0.812 bits per heavy atom. The molecule has 0 aliphatic rings. The molecule has 0 aliphatic heterocycles. The molecule has 0 aromatic carbocycles. The number of hydrogen-bond acceptors (Lipinski definition) is 3. The summed E-state index contributed by atoms with van der Waals surface area (Å²) in [5.74, 6) is 0. The van der Waals surface area contributed by atoms with Gasteiger partial charge in [-0.3, -0.25) is 0 Å². The van der Waals surface area contributed by atoms with Crippen molar-refractivity contribution in [1.82, 2.24) is 5.32 Å². The van der Waals surface area contributed by atoms with Gasteiger partial charge in [-0.2, -0.15) is 0 Å². The van der Waals surface area contributed by atoms with E-state index in [1.54, 1.807) is 7.11 Å². The van der Waals surface area contributed by atoms with Crippen LogP contribution >= 0.6 is 0 Å². The van der Waals surface area contributed by atoms with Gasteiger partial charge < -0.3 is 14.8 Å². The Bertz CT molecular complexity index is 107. The van der Waals surface area contributed by atoms with Gasteiger partial charge in [-0.1, -0.05) is 32.6 Å². The number of rotatable bonds is 13. The summed E-state index contributed by atoms with van der Waals surface area (Å²) in [5.41, 5.74) is 0. The minimum atomic E-state index is 0.834. The van der Waals surface area contributed by atoms with E-state index in [9.17, 15) is 0 Å². The Morgan fingerprint density at radius 2 is 1.62 bits per heavy atom. The monoisotopic (exact) mass is 231 g/mol. The number of nitrogens with one attached hydrogen (secondary N) is 1. The molecule has 0 aliphatic carbocycles. The summed E-state index contributed by atoms with van der Waals surface area (Å²) >= 11 is 0. The first-order valence-electron chi connectivity index (χ1n) is 6.69. The largest absolute Gasteiger partial charge is 0.385 e. The van der Waals surface area contributed by atoms with Crippen LogP contribution in [0.1, 0.15) is 45.4 Å². The predicted molar refractivity (Wildman–Crippen MR) is 68.9 cm³/mol. The molecule has 0 heterocycles. The Labute approximate surface area is 101 Å². The summed E-state index contributed by atoms with van der Waals surface area (Å²) in [6, 6.07) is 0. The van der Waals surface area contributed by atoms with Crippen LogP contribution in [0.2, 0.25) is 0 Å². The first-order valence-corrected chi connectivity index (χ1v) is 6.69. The molecular weight excluding hydrogens is 202 g/mol. The lowest BCUT2D eigenvalue weighted by Crippen LogP contribution is -2.21. The summed E-state index contributed by atoms with van der Waals surface area (Å²) < 4.78 is 10.5. The smallest absolute Gasteiger partial charge is 0.0590 e. The van der Waals surface area contributed by atoms with E-state index < -0.39 is 0 Å². The van der Waals surface area contributed by atoms with E-state index in [1.165, 1.54) is 32.1 Å². The minimum Gasteiger partial charge on any atom is -0.385 e. The topological polar surface area (TPSA) is 30.5 Å². The highest BCUT2D eigenvalue weighted by atomic mass is 16.5. The first-order chi connectivity index (χ1) is 7.91. The van der Waals surface area contributed by atoms with Gasteiger partial charge in [0.2, 0.25) is 0 Å². The summed E-state index contributed by atoms with van der Waals surface area (Å²) in [5, 5.41) is 3.33. The van der Waals surface area contributed by atoms with Crippen molar-refractivity contribution in [2.24, 2.45) is 0 Å². The van der Waals surface area contributed by atoms with E-state index in [0.29, 0.717) is 0 Å². The Balaban J connectivity index is 2.83. The zero-order valence-electron chi connectivity index (χ0n) is 11.1. The third-order valence-electron chi connectivity index (χ3n) is 2.52. The van der Waals surface area contributed by atoms with Crippen LogP contribution in [0.25, 0.3) is 0 Å². The van der Waals surface area contributed by atoms with Gasteiger partial charge in [-0.15, -0.1) is 0 Å². The molecule has 3 nitrogen and oxygen atoms in total. The van der Waals surface area contributed by atoms with E-state index >= 15 is 0 Å². The highest BCUT2D eigenvalue weighted by Crippen LogP contribution is 2.01. The van der Waals surface area contributed by atoms with Crippen molar-refractivity contribution >= 4 is 0 Å². The van der Waals surface area contributed by atoms with E-state index in [2.05, 4.69) is 12.2 Å². The third kappa shape index (κ3) is 13.9. The highest BCUT2D eigenvalue weighted by Gasteiger charge is 1.91. The van der Waals surface area contributed by atoms with E-state index in [1.807, 2.05) is 0 Å². The van der Waals surface area contributed by atoms with Gasteiger partial charge in [0.05, 0.1) is 6.61 Å². The fraction of sp³-hybridized carbons (Fsp3) is 1.00. The van der Waals surface area contributed by atoms with Gasteiger partial charge in [0.1, 0.15) is 0 Å². The molecule has 1 N–H and O–H groups in total. The van der Waals surface area contributed by atoms with Crippen LogP contribution in [0, 0.1) is 0 Å². The maximum absolute atomic E-state index is 5.53. The summed E-state index contributed by atoms with van der Waals surface area (Å²) in [4.78, 5) is 0. The quantitative estimate of drug-likeness (QED) is 0.494. The molecule has 0 rings (SSSR count). The average Bonchev–Trinajstić information content (AvgIpc) is 2.31. The molecule has 0 unspecified atom stereocenters. The molecule has 0 aromatic heterocycles. The van der Waals surface area contributed by atoms with Gasteiger partial charge in [0.25, 0.3) is 0 Å². The van der Waals surface area contributed by atoms with Crippen molar-refractivity contribution in [1.29, 1.82) is 0 Å². The van der Waals surface area contributed by atoms with Crippen molar-refractivity contribution < 1.29 is 9.47 Å². The van der Waals surface area contributed by atoms with Gasteiger partial charge in [0.15, 0.2) is 0 Å². The lowest BCUT2D eigenvalue weighted by atomic mass is 10.2. The molecule has 0 spiro atoms. The van der Waals surface area contributed by atoms with E-state index in [-0.39, 0.29) is 0 Å². The molecule has 0 saturated heterocycles. The number of methoxy groups -OCH3 is 1. The second kappa shape index (κ2) is 14.9. The van der Waals surface area contributed by atoms with E-state index in [4.69, 9.17) is 9.47 Å². The molecular formula is C13H29NO2. The van der Waals surface area contributed by atoms with Gasteiger partial charge in [-0.25, -0.2) is 0 Å². The zero-order chi connectivity index (χ0) is 11.9. The number of unbranched alkanes of at least 4 members (excludes halogenated alkanes) is 4. The normalized spacial score (nSPS) is 10.9. The zero-order valence-corrected chi connectivity index (χ0v) is 11.1. The Kier molecular flexibility index (Phi) is 14.8. The summed E-state index contributed by atoms with van der Waals surface area (Å²) in [6.07, 6.45) is 7.63. The lowest BCUT2D eigenvalue weighted by molar-refractivity contribution is 0.130. The van der Waals surface area contributed by atoms with Crippen LogP contribution in [-0.2, 0) is 9.47 Å². The Morgan fingerprint density at radius 3 is 2.38 bits per heavy atom. The van der Waals surface area contributed by atoms with Crippen molar-refractivity contribution in [3.05, 3.63) is 0 Å². The Hall–Kier alpha value is -0.120. The van der Waals surface area contributed by atoms with Gasteiger partial charge >= 0.3 is 0 Å². The molecule has 0 radical (unpaired) electrons. The fourth-order valence-corrected chi connectivity index (χ4v) is 1.52. The van der Waals surface area contributed by atoms with Crippen molar-refractivity contribution in [3.63, 3.8) is 0 Å². The second-order valence-electron chi connectivity index (χ2n) is 4.12. The standard InChI is InChI=1S/C13H29NO2/c1-3-4-5-6-7-12-16-13-10-14-9-8-11-15-2/h14H,3-13H2,1-2H3. The molecule has 0 bridgehead atoms. The fourth-order valence-electron chi connectivity index (χ4n) is 1.52. The minimum absolute atomic E-state index is 0.834. The first kappa shape index (κ1) is 15.9. The molecule has 98 valence electrons. The lowest BCUT2D eigenvalue weighted by Gasteiger charge is -2.05. The molecule has 0 atom stereocenters. The van der Waals surface area contributed by atoms with Gasteiger partial charge in [-0.05, 0) is 19.4 Å². The maximum Gasteiger partial charge on any atom is 0.0590 e. The maximum atomic E-state index is 5.53.